The van der Waals surface area contributed by atoms with Crippen molar-refractivity contribution in [1.29, 1.82) is 0 Å². The molecule has 0 spiro atoms. The molecule has 0 aliphatic heterocycles. The van der Waals surface area contributed by atoms with Crippen molar-refractivity contribution in [3.63, 3.8) is 0 Å². The monoisotopic (exact) mass is 169 g/mol. The first-order valence-electron chi connectivity index (χ1n) is 3.92. The summed E-state index contributed by atoms with van der Waals surface area (Å²) in [5, 5.41) is 2.67. The number of ether oxygens (including phenoxy) is 1. The van der Waals surface area contributed by atoms with E-state index in [9.17, 15) is 4.79 Å². The number of methoxy groups -OCH3 is 1. The van der Waals surface area contributed by atoms with Gasteiger partial charge in [-0.25, -0.2) is 0 Å². The van der Waals surface area contributed by atoms with Gasteiger partial charge in [0.15, 0.2) is 0 Å². The van der Waals surface area contributed by atoms with E-state index >= 15 is 0 Å². The third kappa shape index (κ3) is 7.10. The molecular weight excluding hydrogens is 154 g/mol. The van der Waals surface area contributed by atoms with Crippen LogP contribution in [-0.4, -0.2) is 26.2 Å². The van der Waals surface area contributed by atoms with Gasteiger partial charge in [0, 0.05) is 13.7 Å². The van der Waals surface area contributed by atoms with E-state index < -0.39 is 0 Å². The molecule has 1 amide bonds. The van der Waals surface area contributed by atoms with Gasteiger partial charge in [0.2, 0.25) is 0 Å². The fourth-order valence-corrected chi connectivity index (χ4v) is 0.530. The lowest BCUT2D eigenvalue weighted by atomic mass is 10.2. The number of hydrogen-bond donors (Lipinski definition) is 1. The molecule has 3 nitrogen and oxygen atoms in total. The standard InChI is InChI=1S/C9H15NO2/c1-8(2)7-10-9(11)5-4-6-12-3/h8H,6-7H2,1-3H3,(H,10,11). The summed E-state index contributed by atoms with van der Waals surface area (Å²) in [6.07, 6.45) is 0. The van der Waals surface area contributed by atoms with Gasteiger partial charge in [0.25, 0.3) is 5.91 Å². The van der Waals surface area contributed by atoms with Crippen LogP contribution in [-0.2, 0) is 9.53 Å². The summed E-state index contributed by atoms with van der Waals surface area (Å²) in [5.74, 6) is 5.21. The average molecular weight is 169 g/mol. The van der Waals surface area contributed by atoms with Crippen LogP contribution in [0.25, 0.3) is 0 Å². The van der Waals surface area contributed by atoms with Gasteiger partial charge in [0.05, 0.1) is 0 Å². The lowest BCUT2D eigenvalue weighted by molar-refractivity contribution is -0.115. The topological polar surface area (TPSA) is 38.3 Å². The molecule has 0 fully saturated rings. The van der Waals surface area contributed by atoms with Crippen molar-refractivity contribution in [2.24, 2.45) is 5.92 Å². The van der Waals surface area contributed by atoms with Crippen molar-refractivity contribution < 1.29 is 9.53 Å². The van der Waals surface area contributed by atoms with Crippen molar-refractivity contribution >= 4 is 5.91 Å². The molecule has 0 aliphatic carbocycles. The Hall–Kier alpha value is -1.01. The van der Waals surface area contributed by atoms with Gasteiger partial charge in [-0.1, -0.05) is 19.8 Å². The van der Waals surface area contributed by atoms with Gasteiger partial charge in [-0.05, 0) is 11.8 Å². The summed E-state index contributed by atoms with van der Waals surface area (Å²) in [4.78, 5) is 10.9. The molecule has 0 bridgehead atoms. The zero-order chi connectivity index (χ0) is 9.40. The van der Waals surface area contributed by atoms with E-state index in [1.165, 1.54) is 0 Å². The Morgan fingerprint density at radius 3 is 2.75 bits per heavy atom. The Morgan fingerprint density at radius 1 is 1.58 bits per heavy atom. The van der Waals surface area contributed by atoms with Crippen LogP contribution in [0.3, 0.4) is 0 Å². The van der Waals surface area contributed by atoms with Gasteiger partial charge in [-0.3, -0.25) is 4.79 Å². The Bertz CT molecular complexity index is 188. The van der Waals surface area contributed by atoms with Crippen LogP contribution >= 0.6 is 0 Å². The number of carbonyl (C=O) groups excluding carboxylic acids is 1. The SMILES string of the molecule is COCC#CC(=O)NCC(C)C. The zero-order valence-electron chi connectivity index (χ0n) is 7.81. The van der Waals surface area contributed by atoms with Crippen LogP contribution in [0.15, 0.2) is 0 Å². The second kappa shape index (κ2) is 6.68. The minimum atomic E-state index is -0.235. The smallest absolute Gasteiger partial charge is 0.295 e. The van der Waals surface area contributed by atoms with Crippen molar-refractivity contribution in [1.82, 2.24) is 5.32 Å². The largest absolute Gasteiger partial charge is 0.372 e. The van der Waals surface area contributed by atoms with E-state index in [4.69, 9.17) is 0 Å². The van der Waals surface area contributed by atoms with Crippen molar-refractivity contribution in [2.75, 3.05) is 20.3 Å². The third-order valence-electron chi connectivity index (χ3n) is 1.09. The summed E-state index contributed by atoms with van der Waals surface area (Å²) >= 11 is 0. The van der Waals surface area contributed by atoms with Gasteiger partial charge in [-0.2, -0.15) is 0 Å². The first-order valence-corrected chi connectivity index (χ1v) is 3.92. The molecule has 1 N–H and O–H groups in total. The third-order valence-corrected chi connectivity index (χ3v) is 1.09. The van der Waals surface area contributed by atoms with Crippen LogP contribution in [0.1, 0.15) is 13.8 Å². The highest BCUT2D eigenvalue weighted by Crippen LogP contribution is 1.85. The maximum Gasteiger partial charge on any atom is 0.295 e. The second-order valence-corrected chi connectivity index (χ2v) is 2.84. The number of amides is 1. The van der Waals surface area contributed by atoms with E-state index in [2.05, 4.69) is 21.9 Å². The molecule has 68 valence electrons. The Labute approximate surface area is 73.5 Å². The number of nitrogens with one attached hydrogen (secondary N) is 1. The summed E-state index contributed by atoms with van der Waals surface area (Å²) in [5.41, 5.74) is 0. The predicted molar refractivity (Wildman–Crippen MR) is 47.5 cm³/mol. The molecule has 0 aromatic carbocycles. The Kier molecular flexibility index (Phi) is 6.12. The quantitative estimate of drug-likeness (QED) is 0.621. The maximum absolute atomic E-state index is 10.9. The number of carbonyl (C=O) groups is 1. The molecule has 3 heteroatoms. The first kappa shape index (κ1) is 11.0. The van der Waals surface area contributed by atoms with Crippen LogP contribution in [0.5, 0.6) is 0 Å². The molecule has 0 saturated heterocycles. The van der Waals surface area contributed by atoms with Crippen molar-refractivity contribution in [2.45, 2.75) is 13.8 Å². The molecule has 0 aliphatic rings. The highest BCUT2D eigenvalue weighted by molar-refractivity contribution is 5.93. The maximum atomic E-state index is 10.9. The van der Waals surface area contributed by atoms with E-state index in [0.29, 0.717) is 19.1 Å². The van der Waals surface area contributed by atoms with Crippen LogP contribution in [0, 0.1) is 17.8 Å². The van der Waals surface area contributed by atoms with E-state index in [0.717, 1.165) is 0 Å². The highest BCUT2D eigenvalue weighted by atomic mass is 16.5. The number of rotatable bonds is 3. The van der Waals surface area contributed by atoms with E-state index in [1.807, 2.05) is 13.8 Å². The average Bonchev–Trinajstić information content (AvgIpc) is 2.01. The fraction of sp³-hybridized carbons (Fsp3) is 0.667. The Balaban J connectivity index is 3.54. The van der Waals surface area contributed by atoms with Crippen LogP contribution < -0.4 is 5.32 Å². The zero-order valence-corrected chi connectivity index (χ0v) is 7.81. The summed E-state index contributed by atoms with van der Waals surface area (Å²) in [6, 6.07) is 0. The lowest BCUT2D eigenvalue weighted by Crippen LogP contribution is -2.25. The second-order valence-electron chi connectivity index (χ2n) is 2.84. The van der Waals surface area contributed by atoms with Gasteiger partial charge in [-0.15, -0.1) is 0 Å². The predicted octanol–water partition coefficient (Wildman–Crippen LogP) is 0.408. The molecule has 0 saturated carbocycles. The molecule has 0 unspecified atom stereocenters. The minimum Gasteiger partial charge on any atom is -0.372 e. The minimum absolute atomic E-state index is 0.235. The molecular formula is C9H15NO2. The summed E-state index contributed by atoms with van der Waals surface area (Å²) < 4.78 is 4.66. The molecule has 0 heterocycles. The van der Waals surface area contributed by atoms with Crippen LogP contribution in [0.2, 0.25) is 0 Å². The summed E-state index contributed by atoms with van der Waals surface area (Å²) in [6.45, 7) is 5.03. The van der Waals surface area contributed by atoms with Crippen LogP contribution in [0.4, 0.5) is 0 Å². The molecule has 0 aromatic rings. The van der Waals surface area contributed by atoms with Crippen molar-refractivity contribution in [3.05, 3.63) is 0 Å². The molecule has 0 atom stereocenters. The number of hydrogen-bond acceptors (Lipinski definition) is 2. The molecule has 0 rings (SSSR count). The van der Waals surface area contributed by atoms with Gasteiger partial charge < -0.3 is 10.1 Å². The summed E-state index contributed by atoms with van der Waals surface area (Å²) in [7, 11) is 1.54. The fourth-order valence-electron chi connectivity index (χ4n) is 0.530. The normalized spacial score (nSPS) is 9.00. The van der Waals surface area contributed by atoms with Crippen molar-refractivity contribution in [3.8, 4) is 11.8 Å². The first-order chi connectivity index (χ1) is 5.66. The van der Waals surface area contributed by atoms with E-state index in [1.54, 1.807) is 7.11 Å². The van der Waals surface area contributed by atoms with Gasteiger partial charge >= 0.3 is 0 Å². The molecule has 12 heavy (non-hydrogen) atoms. The van der Waals surface area contributed by atoms with Gasteiger partial charge in [0.1, 0.15) is 6.61 Å². The molecule has 0 aromatic heterocycles. The van der Waals surface area contributed by atoms with E-state index in [-0.39, 0.29) is 5.91 Å². The lowest BCUT2D eigenvalue weighted by Gasteiger charge is -2.02. The molecule has 0 radical (unpaired) electrons. The Morgan fingerprint density at radius 2 is 2.25 bits per heavy atom. The highest BCUT2D eigenvalue weighted by Gasteiger charge is 1.96.